The van der Waals surface area contributed by atoms with Gasteiger partial charge >= 0.3 is 29.6 Å². The first-order valence-electron chi connectivity index (χ1n) is 5.51. The standard InChI is InChI=1S/C13H7Cl2NO5.Na/c14-7-1-4-12(10(15)5-7)21-8-2-3-11(16(19)20)9(6-8)13(17)18;/h1-6H,(H,17,18);/q;+1/p-1. The first kappa shape index (κ1) is 18.7. The fourth-order valence-corrected chi connectivity index (χ4v) is 2.03. The predicted molar refractivity (Wildman–Crippen MR) is 74.0 cm³/mol. The molecule has 0 fully saturated rings. The monoisotopic (exact) mass is 349 g/mol. The third kappa shape index (κ3) is 4.34. The second-order valence-corrected chi connectivity index (χ2v) is 4.74. The Morgan fingerprint density at radius 2 is 1.82 bits per heavy atom. The number of carboxylic acids is 1. The molecule has 0 saturated heterocycles. The molecule has 2 aromatic rings. The Morgan fingerprint density at radius 1 is 1.14 bits per heavy atom. The first-order chi connectivity index (χ1) is 9.88. The second kappa shape index (κ2) is 7.80. The van der Waals surface area contributed by atoms with Gasteiger partial charge in [-0.1, -0.05) is 23.2 Å². The smallest absolute Gasteiger partial charge is 0.545 e. The Kier molecular flexibility index (Phi) is 6.65. The summed E-state index contributed by atoms with van der Waals surface area (Å²) in [4.78, 5) is 20.8. The van der Waals surface area contributed by atoms with E-state index in [4.69, 9.17) is 27.9 Å². The molecule has 2 aromatic carbocycles. The molecule has 9 heteroatoms. The van der Waals surface area contributed by atoms with E-state index < -0.39 is 22.1 Å². The van der Waals surface area contributed by atoms with Gasteiger partial charge in [0.05, 0.1) is 21.5 Å². The minimum atomic E-state index is -1.67. The summed E-state index contributed by atoms with van der Waals surface area (Å²) in [5, 5.41) is 22.3. The van der Waals surface area contributed by atoms with E-state index in [1.165, 1.54) is 24.3 Å². The van der Waals surface area contributed by atoms with Crippen LogP contribution in [0.2, 0.25) is 10.0 Å². The number of nitro benzene ring substituents is 1. The number of hydrogen-bond acceptors (Lipinski definition) is 5. The van der Waals surface area contributed by atoms with Crippen molar-refractivity contribution in [2.24, 2.45) is 0 Å². The third-order valence-corrected chi connectivity index (χ3v) is 3.04. The molecule has 22 heavy (non-hydrogen) atoms. The van der Waals surface area contributed by atoms with Crippen molar-refractivity contribution < 1.29 is 49.1 Å². The number of hydrogen-bond donors (Lipinski definition) is 0. The summed E-state index contributed by atoms with van der Waals surface area (Å²) in [7, 11) is 0. The molecule has 6 nitrogen and oxygen atoms in total. The summed E-state index contributed by atoms with van der Waals surface area (Å²) in [5.41, 5.74) is -1.16. The van der Waals surface area contributed by atoms with E-state index >= 15 is 0 Å². The van der Waals surface area contributed by atoms with Crippen LogP contribution in [0, 0.1) is 10.1 Å². The Morgan fingerprint density at radius 3 is 2.36 bits per heavy atom. The molecule has 0 amide bonds. The Hall–Kier alpha value is -1.31. The molecule has 0 bridgehead atoms. The van der Waals surface area contributed by atoms with Gasteiger partial charge in [0.2, 0.25) is 0 Å². The van der Waals surface area contributed by atoms with E-state index in [1.54, 1.807) is 0 Å². The van der Waals surface area contributed by atoms with Gasteiger partial charge in [-0.05, 0) is 30.3 Å². The molecule has 0 aliphatic rings. The summed E-state index contributed by atoms with van der Waals surface area (Å²) < 4.78 is 5.39. The van der Waals surface area contributed by atoms with Crippen LogP contribution in [0.25, 0.3) is 0 Å². The fraction of sp³-hybridized carbons (Fsp3) is 0. The molecule has 0 aliphatic heterocycles. The van der Waals surface area contributed by atoms with E-state index in [0.29, 0.717) is 5.02 Å². The molecular weight excluding hydrogens is 344 g/mol. The zero-order valence-electron chi connectivity index (χ0n) is 11.2. The summed E-state index contributed by atoms with van der Waals surface area (Å²) in [5.74, 6) is -1.36. The fourth-order valence-electron chi connectivity index (χ4n) is 1.59. The van der Waals surface area contributed by atoms with Gasteiger partial charge in [0.25, 0.3) is 5.69 Å². The van der Waals surface area contributed by atoms with Gasteiger partial charge in [0.1, 0.15) is 11.5 Å². The van der Waals surface area contributed by atoms with Crippen LogP contribution in [-0.2, 0) is 0 Å². The van der Waals surface area contributed by atoms with Crippen molar-refractivity contribution in [1.29, 1.82) is 0 Å². The van der Waals surface area contributed by atoms with Crippen molar-refractivity contribution in [3.05, 3.63) is 62.1 Å². The predicted octanol–water partition coefficient (Wildman–Crippen LogP) is 0.0614. The van der Waals surface area contributed by atoms with Crippen molar-refractivity contribution in [1.82, 2.24) is 0 Å². The number of rotatable bonds is 4. The van der Waals surface area contributed by atoms with Crippen LogP contribution >= 0.6 is 23.2 Å². The maximum absolute atomic E-state index is 10.9. The average Bonchev–Trinajstić information content (AvgIpc) is 2.41. The topological polar surface area (TPSA) is 92.5 Å². The zero-order valence-corrected chi connectivity index (χ0v) is 14.7. The number of benzene rings is 2. The molecular formula is C13H6Cl2NNaO5. The van der Waals surface area contributed by atoms with Gasteiger partial charge < -0.3 is 14.6 Å². The maximum Gasteiger partial charge on any atom is 1.00 e. The van der Waals surface area contributed by atoms with Gasteiger partial charge in [-0.3, -0.25) is 10.1 Å². The van der Waals surface area contributed by atoms with Crippen LogP contribution in [0.3, 0.4) is 0 Å². The minimum Gasteiger partial charge on any atom is -0.545 e. The first-order valence-corrected chi connectivity index (χ1v) is 6.27. The van der Waals surface area contributed by atoms with Crippen LogP contribution < -0.4 is 39.4 Å². The van der Waals surface area contributed by atoms with Crippen LogP contribution in [0.4, 0.5) is 5.69 Å². The molecule has 0 atom stereocenters. The second-order valence-electron chi connectivity index (χ2n) is 3.90. The summed E-state index contributed by atoms with van der Waals surface area (Å²) in [6.07, 6.45) is 0. The van der Waals surface area contributed by atoms with Crippen LogP contribution in [0.1, 0.15) is 10.4 Å². The molecule has 0 saturated carbocycles. The van der Waals surface area contributed by atoms with E-state index in [-0.39, 0.29) is 46.1 Å². The quantitative estimate of drug-likeness (QED) is 0.442. The number of carbonyl (C=O) groups is 1. The number of carbonyl (C=O) groups excluding carboxylic acids is 1. The van der Waals surface area contributed by atoms with Gasteiger partial charge in [-0.2, -0.15) is 0 Å². The third-order valence-electron chi connectivity index (χ3n) is 2.51. The Labute approximate surface area is 157 Å². The van der Waals surface area contributed by atoms with E-state index in [9.17, 15) is 20.0 Å². The van der Waals surface area contributed by atoms with Gasteiger partial charge in [-0.15, -0.1) is 0 Å². The minimum absolute atomic E-state index is 0. The molecule has 2 rings (SSSR count). The Bertz CT molecular complexity index is 738. The molecule has 0 N–H and O–H groups in total. The SMILES string of the molecule is O=C([O-])c1cc(Oc2ccc(Cl)cc2Cl)ccc1[N+](=O)[O-].[Na+]. The normalized spacial score (nSPS) is 9.73. The van der Waals surface area contributed by atoms with Crippen LogP contribution in [-0.4, -0.2) is 10.9 Å². The number of nitro groups is 1. The molecule has 0 aromatic heterocycles. The summed E-state index contributed by atoms with van der Waals surface area (Å²) in [6.45, 7) is 0. The van der Waals surface area contributed by atoms with E-state index in [2.05, 4.69) is 0 Å². The number of nitrogens with zero attached hydrogens (tertiary/aromatic N) is 1. The van der Waals surface area contributed by atoms with Crippen molar-refractivity contribution in [2.75, 3.05) is 0 Å². The molecule has 0 heterocycles. The number of ether oxygens (including phenoxy) is 1. The summed E-state index contributed by atoms with van der Waals surface area (Å²) >= 11 is 11.7. The van der Waals surface area contributed by atoms with Crippen molar-refractivity contribution in [3.63, 3.8) is 0 Å². The molecule has 0 aliphatic carbocycles. The van der Waals surface area contributed by atoms with Crippen molar-refractivity contribution in [2.45, 2.75) is 0 Å². The van der Waals surface area contributed by atoms with E-state index in [0.717, 1.165) is 12.1 Å². The van der Waals surface area contributed by atoms with E-state index in [1.807, 2.05) is 0 Å². The van der Waals surface area contributed by atoms with Gasteiger partial charge in [0, 0.05) is 11.1 Å². The van der Waals surface area contributed by atoms with Gasteiger partial charge in [-0.25, -0.2) is 0 Å². The maximum atomic E-state index is 10.9. The number of carboxylic acid groups (broad SMARTS) is 1. The largest absolute Gasteiger partial charge is 1.00 e. The van der Waals surface area contributed by atoms with Crippen molar-refractivity contribution >= 4 is 34.9 Å². The van der Waals surface area contributed by atoms with Crippen LogP contribution in [0.5, 0.6) is 11.5 Å². The molecule has 0 spiro atoms. The Balaban J connectivity index is 0.00000242. The molecule has 108 valence electrons. The van der Waals surface area contributed by atoms with Crippen molar-refractivity contribution in [3.8, 4) is 11.5 Å². The summed E-state index contributed by atoms with van der Waals surface area (Å²) in [6, 6.07) is 7.75. The molecule has 0 radical (unpaired) electrons. The zero-order chi connectivity index (χ0) is 15.6. The molecule has 0 unspecified atom stereocenters. The number of aromatic carboxylic acids is 1. The average molecular weight is 350 g/mol. The number of halogens is 2. The van der Waals surface area contributed by atoms with Crippen LogP contribution in [0.15, 0.2) is 36.4 Å². The van der Waals surface area contributed by atoms with Gasteiger partial charge in [0.15, 0.2) is 0 Å².